The number of allylic oxidation sites excluding steroid dienone is 1. The van der Waals surface area contributed by atoms with Crippen LogP contribution < -0.4 is 0 Å². The average molecular weight is 475 g/mol. The predicted octanol–water partition coefficient (Wildman–Crippen LogP) is 5.08. The summed E-state index contributed by atoms with van der Waals surface area (Å²) in [6, 6.07) is 0. The van der Waals surface area contributed by atoms with Crippen molar-refractivity contribution in [2.75, 3.05) is 0 Å². The molecule has 5 aliphatic rings. The van der Waals surface area contributed by atoms with E-state index in [-0.39, 0.29) is 12.0 Å². The Labute approximate surface area is 207 Å². The second-order valence-corrected chi connectivity index (χ2v) is 14.5. The van der Waals surface area contributed by atoms with Crippen LogP contribution in [0.15, 0.2) is 11.6 Å². The van der Waals surface area contributed by atoms with E-state index in [9.17, 15) is 20.4 Å². The maximum absolute atomic E-state index is 12.5. The fourth-order valence-corrected chi connectivity index (χ4v) is 10.3. The lowest BCUT2D eigenvalue weighted by Gasteiger charge is -2.67. The summed E-state index contributed by atoms with van der Waals surface area (Å²) >= 11 is 0. The monoisotopic (exact) mass is 474 g/mol. The van der Waals surface area contributed by atoms with Crippen LogP contribution in [0.3, 0.4) is 0 Å². The lowest BCUT2D eigenvalue weighted by molar-refractivity contribution is -0.294. The van der Waals surface area contributed by atoms with Crippen LogP contribution in [-0.4, -0.2) is 43.8 Å². The van der Waals surface area contributed by atoms with Crippen molar-refractivity contribution in [2.45, 2.75) is 123 Å². The lowest BCUT2D eigenvalue weighted by Crippen LogP contribution is -2.75. The zero-order chi connectivity index (χ0) is 25.1. The Bertz CT molecular complexity index is 868. The molecule has 4 N–H and O–H groups in total. The Morgan fingerprint density at radius 2 is 1.59 bits per heavy atom. The number of aliphatic hydroxyl groups is 4. The van der Waals surface area contributed by atoms with Gasteiger partial charge in [-0.2, -0.15) is 0 Å². The minimum absolute atomic E-state index is 0.356. The summed E-state index contributed by atoms with van der Waals surface area (Å²) in [5.41, 5.74) is -1.85. The molecule has 0 aliphatic heterocycles. The molecule has 4 nitrogen and oxygen atoms in total. The average Bonchev–Trinajstić information content (AvgIpc) is 3.38. The summed E-state index contributed by atoms with van der Waals surface area (Å²) in [4.78, 5) is 0. The van der Waals surface area contributed by atoms with Crippen LogP contribution in [0.1, 0.15) is 99.8 Å². The molecule has 194 valence electrons. The third kappa shape index (κ3) is 2.92. The van der Waals surface area contributed by atoms with Crippen molar-refractivity contribution in [1.29, 1.82) is 0 Å². The largest absolute Gasteiger partial charge is 0.393 e. The van der Waals surface area contributed by atoms with Gasteiger partial charge in [-0.3, -0.25) is 0 Å². The minimum Gasteiger partial charge on any atom is -0.393 e. The van der Waals surface area contributed by atoms with E-state index >= 15 is 0 Å². The lowest BCUT2D eigenvalue weighted by atomic mass is 9.42. The van der Waals surface area contributed by atoms with Crippen LogP contribution >= 0.6 is 0 Å². The molecule has 0 amide bonds. The van der Waals surface area contributed by atoms with Gasteiger partial charge in [0.1, 0.15) is 5.60 Å². The fourth-order valence-electron chi connectivity index (χ4n) is 10.3. The molecule has 0 aromatic heterocycles. The molecule has 0 saturated heterocycles. The van der Waals surface area contributed by atoms with Crippen molar-refractivity contribution < 1.29 is 20.4 Å². The Balaban J connectivity index is 1.48. The Hall–Kier alpha value is -0.420. The maximum Gasteiger partial charge on any atom is 0.105 e. The summed E-state index contributed by atoms with van der Waals surface area (Å²) < 4.78 is 0. The summed E-state index contributed by atoms with van der Waals surface area (Å²) in [7, 11) is 0. The van der Waals surface area contributed by atoms with Gasteiger partial charge in [0.25, 0.3) is 0 Å². The van der Waals surface area contributed by atoms with Crippen LogP contribution in [0, 0.1) is 51.8 Å². The highest BCUT2D eigenvalue weighted by Crippen LogP contribution is 2.73. The molecule has 0 radical (unpaired) electrons. The molecule has 0 aromatic carbocycles. The van der Waals surface area contributed by atoms with E-state index in [1.54, 1.807) is 0 Å². The van der Waals surface area contributed by atoms with Crippen molar-refractivity contribution in [3.05, 3.63) is 11.6 Å². The van der Waals surface area contributed by atoms with Gasteiger partial charge in [-0.25, -0.2) is 0 Å². The molecule has 0 unspecified atom stereocenters. The molecule has 4 saturated carbocycles. The van der Waals surface area contributed by atoms with E-state index in [2.05, 4.69) is 54.5 Å². The second-order valence-electron chi connectivity index (χ2n) is 14.5. The SMILES string of the molecule is CC(C)[C@@H](C)[C@@]1(C)C[C@@H]1[C@@H](C)[C@H]1CC[C@@]2(O)[C@@H]3CC=C4C[C@@H](O)CC[C@]4(C)[C@@]3(O)[C@H](O)C[C@]12C. The van der Waals surface area contributed by atoms with Crippen molar-refractivity contribution in [3.8, 4) is 0 Å². The van der Waals surface area contributed by atoms with Crippen LogP contribution in [-0.2, 0) is 0 Å². The molecular weight excluding hydrogens is 424 g/mol. The third-order valence-corrected chi connectivity index (χ3v) is 13.2. The van der Waals surface area contributed by atoms with Gasteiger partial charge in [0, 0.05) is 16.7 Å². The Kier molecular flexibility index (Phi) is 5.61. The van der Waals surface area contributed by atoms with Gasteiger partial charge in [0.15, 0.2) is 0 Å². The van der Waals surface area contributed by atoms with Crippen molar-refractivity contribution in [2.24, 2.45) is 51.8 Å². The van der Waals surface area contributed by atoms with Crippen molar-refractivity contribution in [3.63, 3.8) is 0 Å². The van der Waals surface area contributed by atoms with E-state index in [0.29, 0.717) is 73.5 Å². The van der Waals surface area contributed by atoms with E-state index < -0.39 is 28.1 Å². The molecule has 0 bridgehead atoms. The maximum atomic E-state index is 12.5. The van der Waals surface area contributed by atoms with Gasteiger partial charge in [-0.1, -0.05) is 60.1 Å². The summed E-state index contributed by atoms with van der Waals surface area (Å²) in [6.07, 6.45) is 6.82. The number of fused-ring (bicyclic) bond motifs is 5. The molecular formula is C30H50O4. The zero-order valence-electron chi connectivity index (χ0n) is 22.6. The van der Waals surface area contributed by atoms with Crippen LogP contribution in [0.5, 0.6) is 0 Å². The van der Waals surface area contributed by atoms with E-state index in [1.165, 1.54) is 6.42 Å². The van der Waals surface area contributed by atoms with Crippen molar-refractivity contribution >= 4 is 0 Å². The first-order chi connectivity index (χ1) is 15.7. The van der Waals surface area contributed by atoms with Crippen LogP contribution in [0.25, 0.3) is 0 Å². The van der Waals surface area contributed by atoms with Crippen LogP contribution in [0.2, 0.25) is 0 Å². The summed E-state index contributed by atoms with van der Waals surface area (Å²) in [5.74, 6) is 2.51. The molecule has 0 heterocycles. The van der Waals surface area contributed by atoms with E-state index in [0.717, 1.165) is 12.0 Å². The number of hydrogen-bond acceptors (Lipinski definition) is 4. The number of rotatable bonds is 4. The molecule has 4 fully saturated rings. The normalized spacial score (nSPS) is 56.2. The molecule has 34 heavy (non-hydrogen) atoms. The van der Waals surface area contributed by atoms with Crippen LogP contribution in [0.4, 0.5) is 0 Å². The summed E-state index contributed by atoms with van der Waals surface area (Å²) in [5, 5.41) is 46.9. The molecule has 5 aliphatic carbocycles. The van der Waals surface area contributed by atoms with E-state index in [4.69, 9.17) is 0 Å². The standard InChI is InChI=1S/C30H50O4/c1-17(2)19(4)26(5)15-23(26)18(3)22-11-13-29(33)24-9-8-20-14-21(31)10-12-27(20,6)30(24,34)25(32)16-28(22,29)7/h8,17-19,21-25,31-34H,9-16H2,1-7H3/t18-,19+,21-,22+,23+,24-,25+,26+,27-,28+,29+,30-/m0/s1. The van der Waals surface area contributed by atoms with Crippen molar-refractivity contribution in [1.82, 2.24) is 0 Å². The number of aliphatic hydroxyl groups excluding tert-OH is 2. The van der Waals surface area contributed by atoms with Gasteiger partial charge in [-0.05, 0) is 86.4 Å². The molecule has 0 aromatic rings. The smallest absolute Gasteiger partial charge is 0.105 e. The predicted molar refractivity (Wildman–Crippen MR) is 135 cm³/mol. The first-order valence-electron chi connectivity index (χ1n) is 14.2. The minimum atomic E-state index is -1.34. The number of hydrogen-bond donors (Lipinski definition) is 4. The summed E-state index contributed by atoms with van der Waals surface area (Å²) in [6.45, 7) is 16.2. The highest BCUT2D eigenvalue weighted by atomic mass is 16.4. The molecule has 5 rings (SSSR count). The van der Waals surface area contributed by atoms with Gasteiger partial charge < -0.3 is 20.4 Å². The van der Waals surface area contributed by atoms with Gasteiger partial charge in [-0.15, -0.1) is 0 Å². The first kappa shape index (κ1) is 25.2. The Morgan fingerprint density at radius 1 is 0.912 bits per heavy atom. The van der Waals surface area contributed by atoms with Gasteiger partial charge in [0.2, 0.25) is 0 Å². The molecule has 12 atom stereocenters. The quantitative estimate of drug-likeness (QED) is 0.428. The Morgan fingerprint density at radius 3 is 2.24 bits per heavy atom. The zero-order valence-corrected chi connectivity index (χ0v) is 22.6. The van der Waals surface area contributed by atoms with Gasteiger partial charge in [0.05, 0.1) is 17.8 Å². The third-order valence-electron chi connectivity index (χ3n) is 13.2. The molecule has 4 heteroatoms. The second kappa shape index (κ2) is 7.55. The van der Waals surface area contributed by atoms with E-state index in [1.807, 2.05) is 0 Å². The van der Waals surface area contributed by atoms with Gasteiger partial charge >= 0.3 is 0 Å². The topological polar surface area (TPSA) is 80.9 Å². The highest BCUT2D eigenvalue weighted by Gasteiger charge is 2.75. The molecule has 0 spiro atoms. The highest BCUT2D eigenvalue weighted by molar-refractivity contribution is 5.35. The fraction of sp³-hybridized carbons (Fsp3) is 0.933. The first-order valence-corrected chi connectivity index (χ1v) is 14.2.